The van der Waals surface area contributed by atoms with Crippen LogP contribution < -0.4 is 10.6 Å². The summed E-state index contributed by atoms with van der Waals surface area (Å²) >= 11 is 1.35. The van der Waals surface area contributed by atoms with Gasteiger partial charge >= 0.3 is 0 Å². The Kier molecular flexibility index (Phi) is 5.05. The monoisotopic (exact) mass is 312 g/mol. The lowest BCUT2D eigenvalue weighted by molar-refractivity contribution is 0.0266. The summed E-state index contributed by atoms with van der Waals surface area (Å²) in [6.45, 7) is 3.64. The second-order valence-corrected chi connectivity index (χ2v) is 6.79. The van der Waals surface area contributed by atoms with Gasteiger partial charge in [-0.25, -0.2) is 4.98 Å². The van der Waals surface area contributed by atoms with Gasteiger partial charge in [-0.15, -0.1) is 0 Å². The number of aliphatic hydroxyl groups excluding tert-OH is 1. The highest BCUT2D eigenvalue weighted by atomic mass is 32.1. The highest BCUT2D eigenvalue weighted by molar-refractivity contribution is 7.18. The molecule has 0 aromatic carbocycles. The largest absolute Gasteiger partial charge is 0.393 e. The van der Waals surface area contributed by atoms with E-state index in [4.69, 9.17) is 5.73 Å². The van der Waals surface area contributed by atoms with Crippen LogP contribution in [0.2, 0.25) is 0 Å². The molecule has 1 fully saturated rings. The van der Waals surface area contributed by atoms with Crippen LogP contribution in [0.4, 0.5) is 10.9 Å². The Hall–Kier alpha value is -1.34. The number of thiazole rings is 1. The van der Waals surface area contributed by atoms with Gasteiger partial charge in [0.05, 0.1) is 6.10 Å². The predicted molar refractivity (Wildman–Crippen MR) is 85.8 cm³/mol. The molecule has 21 heavy (non-hydrogen) atoms. The second-order valence-electron chi connectivity index (χ2n) is 5.81. The first-order valence-corrected chi connectivity index (χ1v) is 8.15. The summed E-state index contributed by atoms with van der Waals surface area (Å²) in [6.07, 6.45) is 2.38. The first kappa shape index (κ1) is 16.0. The van der Waals surface area contributed by atoms with Crippen molar-refractivity contribution in [3.05, 3.63) is 4.88 Å². The molecular formula is C14H24N4O2S. The van der Waals surface area contributed by atoms with Crippen molar-refractivity contribution in [1.29, 1.82) is 0 Å². The van der Waals surface area contributed by atoms with Crippen molar-refractivity contribution >= 4 is 28.2 Å². The molecule has 1 aromatic rings. The van der Waals surface area contributed by atoms with Gasteiger partial charge in [0.1, 0.15) is 10.7 Å². The molecule has 2 rings (SSSR count). The van der Waals surface area contributed by atoms with Crippen LogP contribution in [0, 0.1) is 5.92 Å². The zero-order chi connectivity index (χ0) is 15.6. The molecule has 1 heterocycles. The maximum absolute atomic E-state index is 12.5. The number of hydrogen-bond acceptors (Lipinski definition) is 6. The van der Waals surface area contributed by atoms with Crippen LogP contribution in [-0.4, -0.2) is 54.2 Å². The van der Waals surface area contributed by atoms with Crippen molar-refractivity contribution in [2.75, 3.05) is 37.8 Å². The fourth-order valence-electron chi connectivity index (χ4n) is 2.56. The smallest absolute Gasteiger partial charge is 0.267 e. The van der Waals surface area contributed by atoms with Gasteiger partial charge in [0.25, 0.3) is 5.91 Å². The number of nitrogens with zero attached hydrogens (tertiary/aromatic N) is 3. The summed E-state index contributed by atoms with van der Waals surface area (Å²) in [5.74, 6) is 0.622. The number of amides is 1. The van der Waals surface area contributed by atoms with Gasteiger partial charge in [-0.1, -0.05) is 18.3 Å². The number of nitrogens with two attached hydrogens (primary N) is 1. The van der Waals surface area contributed by atoms with E-state index in [1.165, 1.54) is 11.3 Å². The molecule has 0 spiro atoms. The highest BCUT2D eigenvalue weighted by Gasteiger charge is 2.30. The van der Waals surface area contributed by atoms with E-state index in [2.05, 4.69) is 11.9 Å². The lowest BCUT2D eigenvalue weighted by Gasteiger charge is -2.34. The fourth-order valence-corrected chi connectivity index (χ4v) is 3.53. The van der Waals surface area contributed by atoms with Crippen molar-refractivity contribution in [2.24, 2.45) is 5.92 Å². The van der Waals surface area contributed by atoms with E-state index in [0.717, 1.165) is 30.9 Å². The average molecular weight is 312 g/mol. The lowest BCUT2D eigenvalue weighted by Crippen LogP contribution is -2.39. The van der Waals surface area contributed by atoms with E-state index < -0.39 is 0 Å². The normalized spacial score (nSPS) is 21.0. The van der Waals surface area contributed by atoms with Crippen molar-refractivity contribution in [3.63, 3.8) is 0 Å². The van der Waals surface area contributed by atoms with Crippen LogP contribution in [0.3, 0.4) is 0 Å². The van der Waals surface area contributed by atoms with E-state index in [1.54, 1.807) is 11.9 Å². The number of aromatic nitrogens is 1. The maximum atomic E-state index is 12.5. The molecular weight excluding hydrogens is 288 g/mol. The van der Waals surface area contributed by atoms with Crippen molar-refractivity contribution < 1.29 is 9.90 Å². The maximum Gasteiger partial charge on any atom is 0.267 e. The number of hydrogen-bond donors (Lipinski definition) is 2. The first-order chi connectivity index (χ1) is 9.92. The molecule has 118 valence electrons. The summed E-state index contributed by atoms with van der Waals surface area (Å²) < 4.78 is 0. The van der Waals surface area contributed by atoms with Crippen molar-refractivity contribution in [1.82, 2.24) is 9.88 Å². The second kappa shape index (κ2) is 6.62. The average Bonchev–Trinajstić information content (AvgIpc) is 2.78. The van der Waals surface area contributed by atoms with E-state index in [-0.39, 0.29) is 12.0 Å². The number of anilines is 2. The number of carbonyl (C=O) groups is 1. The zero-order valence-electron chi connectivity index (χ0n) is 12.9. The van der Waals surface area contributed by atoms with Gasteiger partial charge in [0.15, 0.2) is 5.13 Å². The molecule has 0 aliphatic heterocycles. The molecule has 7 heteroatoms. The molecule has 1 amide bonds. The Morgan fingerprint density at radius 3 is 2.71 bits per heavy atom. The van der Waals surface area contributed by atoms with Crippen LogP contribution in [0.5, 0.6) is 0 Å². The number of rotatable bonds is 6. The quantitative estimate of drug-likeness (QED) is 0.830. The third kappa shape index (κ3) is 3.65. The fraction of sp³-hybridized carbons (Fsp3) is 0.714. The summed E-state index contributed by atoms with van der Waals surface area (Å²) in [6, 6.07) is 0. The SMILES string of the molecule is CCCN(C)c1nc(N)c(C(=O)N(C)CC2CC(O)C2)s1. The summed E-state index contributed by atoms with van der Waals surface area (Å²) in [7, 11) is 3.73. The highest BCUT2D eigenvalue weighted by Crippen LogP contribution is 2.31. The van der Waals surface area contributed by atoms with Crippen molar-refractivity contribution in [3.8, 4) is 0 Å². The van der Waals surface area contributed by atoms with Crippen LogP contribution in [0.25, 0.3) is 0 Å². The van der Waals surface area contributed by atoms with Gasteiger partial charge in [-0.3, -0.25) is 4.79 Å². The molecule has 6 nitrogen and oxygen atoms in total. The Morgan fingerprint density at radius 1 is 1.48 bits per heavy atom. The van der Waals surface area contributed by atoms with E-state index >= 15 is 0 Å². The molecule has 0 saturated heterocycles. The minimum absolute atomic E-state index is 0.0810. The van der Waals surface area contributed by atoms with Gasteiger partial charge < -0.3 is 20.6 Å². The molecule has 1 aromatic heterocycles. The van der Waals surface area contributed by atoms with Crippen LogP contribution in [0.15, 0.2) is 0 Å². The summed E-state index contributed by atoms with van der Waals surface area (Å²) in [4.78, 5) is 21.0. The molecule has 3 N–H and O–H groups in total. The van der Waals surface area contributed by atoms with Gasteiger partial charge in [0, 0.05) is 27.2 Å². The molecule has 0 atom stereocenters. The zero-order valence-corrected chi connectivity index (χ0v) is 13.7. The number of carbonyl (C=O) groups excluding carboxylic acids is 1. The molecule has 1 saturated carbocycles. The number of aliphatic hydroxyl groups is 1. The summed E-state index contributed by atoms with van der Waals surface area (Å²) in [5, 5.41) is 10.1. The molecule has 1 aliphatic carbocycles. The van der Waals surface area contributed by atoms with E-state index in [1.807, 2.05) is 11.9 Å². The van der Waals surface area contributed by atoms with Gasteiger partial charge in [-0.05, 0) is 25.2 Å². The number of nitrogen functional groups attached to an aromatic ring is 1. The van der Waals surface area contributed by atoms with Gasteiger partial charge in [-0.2, -0.15) is 0 Å². The van der Waals surface area contributed by atoms with Crippen molar-refractivity contribution in [2.45, 2.75) is 32.3 Å². The van der Waals surface area contributed by atoms with Crippen LogP contribution in [0.1, 0.15) is 35.9 Å². The molecule has 0 radical (unpaired) electrons. The van der Waals surface area contributed by atoms with Crippen LogP contribution >= 0.6 is 11.3 Å². The first-order valence-electron chi connectivity index (χ1n) is 7.33. The molecule has 0 bridgehead atoms. The Labute approximate surface area is 129 Å². The summed E-state index contributed by atoms with van der Waals surface area (Å²) in [5.41, 5.74) is 5.90. The standard InChI is InChI=1S/C14H24N4O2S/c1-4-5-17(2)14-16-12(15)11(21-14)13(20)18(3)8-9-6-10(19)7-9/h9-10,19H,4-8,15H2,1-3H3. The molecule has 0 unspecified atom stereocenters. The lowest BCUT2D eigenvalue weighted by atomic mass is 9.82. The minimum atomic E-state index is -0.193. The van der Waals surface area contributed by atoms with Crippen LogP contribution in [-0.2, 0) is 0 Å². The van der Waals surface area contributed by atoms with E-state index in [9.17, 15) is 9.90 Å². The molecule has 1 aliphatic rings. The Balaban J connectivity index is 2.01. The predicted octanol–water partition coefficient (Wildman–Crippen LogP) is 1.41. The Morgan fingerprint density at radius 2 is 2.14 bits per heavy atom. The Bertz CT molecular complexity index is 499. The van der Waals surface area contributed by atoms with Gasteiger partial charge in [0.2, 0.25) is 0 Å². The topological polar surface area (TPSA) is 82.7 Å². The van der Waals surface area contributed by atoms with E-state index in [0.29, 0.717) is 23.2 Å². The third-order valence-corrected chi connectivity index (χ3v) is 4.98. The third-order valence-electron chi connectivity index (χ3n) is 3.81. The minimum Gasteiger partial charge on any atom is -0.393 e.